The topological polar surface area (TPSA) is 56.8 Å². The molecule has 29 heavy (non-hydrogen) atoms. The molecule has 0 aromatic heterocycles. The Labute approximate surface area is 170 Å². The van der Waals surface area contributed by atoms with Crippen LogP contribution in [0.5, 0.6) is 17.2 Å². The minimum absolute atomic E-state index is 0.235. The number of carbonyl (C=O) groups excluding carboxylic acids is 1. The molecule has 0 radical (unpaired) electrons. The zero-order chi connectivity index (χ0) is 20.5. The summed E-state index contributed by atoms with van der Waals surface area (Å²) in [7, 11) is 3.18. The van der Waals surface area contributed by atoms with Crippen molar-refractivity contribution in [2.24, 2.45) is 0 Å². The number of hydrogen-bond donors (Lipinski definition) is 1. The molecule has 0 bridgehead atoms. The summed E-state index contributed by atoms with van der Waals surface area (Å²) in [5.74, 6) is 1.70. The van der Waals surface area contributed by atoms with Gasteiger partial charge in [0, 0.05) is 17.8 Å². The number of ether oxygens (including phenoxy) is 3. The van der Waals surface area contributed by atoms with Crippen LogP contribution in [0.15, 0.2) is 78.9 Å². The normalized spacial score (nSPS) is 10.6. The summed E-state index contributed by atoms with van der Waals surface area (Å²) in [5, 5.41) is 2.80. The van der Waals surface area contributed by atoms with Crippen LogP contribution in [-0.4, -0.2) is 20.1 Å². The molecule has 3 aromatic rings. The Morgan fingerprint density at radius 2 is 1.72 bits per heavy atom. The molecule has 0 heterocycles. The van der Waals surface area contributed by atoms with Crippen molar-refractivity contribution in [1.82, 2.24) is 0 Å². The van der Waals surface area contributed by atoms with E-state index in [1.165, 1.54) is 6.08 Å². The van der Waals surface area contributed by atoms with E-state index in [2.05, 4.69) is 5.32 Å². The maximum atomic E-state index is 12.2. The van der Waals surface area contributed by atoms with Crippen molar-refractivity contribution in [2.75, 3.05) is 19.5 Å². The molecule has 0 fully saturated rings. The zero-order valence-corrected chi connectivity index (χ0v) is 16.4. The Balaban J connectivity index is 1.63. The van der Waals surface area contributed by atoms with Crippen LogP contribution < -0.4 is 19.5 Å². The number of benzene rings is 3. The van der Waals surface area contributed by atoms with E-state index in [-0.39, 0.29) is 5.91 Å². The third-order valence-corrected chi connectivity index (χ3v) is 4.19. The summed E-state index contributed by atoms with van der Waals surface area (Å²) in [4.78, 5) is 12.2. The van der Waals surface area contributed by atoms with Crippen LogP contribution in [0.3, 0.4) is 0 Å². The largest absolute Gasteiger partial charge is 0.497 e. The lowest BCUT2D eigenvalue weighted by Crippen LogP contribution is -2.07. The third-order valence-electron chi connectivity index (χ3n) is 4.19. The number of nitrogens with one attached hydrogen (secondary N) is 1. The molecule has 0 aliphatic carbocycles. The van der Waals surface area contributed by atoms with E-state index in [0.717, 1.165) is 11.1 Å². The second-order valence-corrected chi connectivity index (χ2v) is 6.24. The van der Waals surface area contributed by atoms with Crippen molar-refractivity contribution in [3.05, 3.63) is 90.0 Å². The zero-order valence-electron chi connectivity index (χ0n) is 16.4. The van der Waals surface area contributed by atoms with Gasteiger partial charge < -0.3 is 19.5 Å². The van der Waals surface area contributed by atoms with Crippen LogP contribution in [0.1, 0.15) is 11.1 Å². The van der Waals surface area contributed by atoms with E-state index >= 15 is 0 Å². The Kier molecular flexibility index (Phi) is 6.90. The highest BCUT2D eigenvalue weighted by atomic mass is 16.5. The van der Waals surface area contributed by atoms with E-state index in [1.54, 1.807) is 32.4 Å². The van der Waals surface area contributed by atoms with Gasteiger partial charge >= 0.3 is 0 Å². The van der Waals surface area contributed by atoms with E-state index in [1.807, 2.05) is 60.7 Å². The van der Waals surface area contributed by atoms with Gasteiger partial charge in [0.25, 0.3) is 0 Å². The van der Waals surface area contributed by atoms with Gasteiger partial charge in [-0.25, -0.2) is 0 Å². The first-order chi connectivity index (χ1) is 14.2. The Bertz CT molecular complexity index is 983. The second-order valence-electron chi connectivity index (χ2n) is 6.24. The predicted molar refractivity (Wildman–Crippen MR) is 114 cm³/mol. The first kappa shape index (κ1) is 20.0. The van der Waals surface area contributed by atoms with Crippen molar-refractivity contribution in [2.45, 2.75) is 6.61 Å². The molecule has 1 N–H and O–H groups in total. The fourth-order valence-corrected chi connectivity index (χ4v) is 2.70. The number of methoxy groups -OCH3 is 2. The van der Waals surface area contributed by atoms with Crippen molar-refractivity contribution in [1.29, 1.82) is 0 Å². The SMILES string of the molecule is COc1cccc(NC(=O)C=Cc2ccc(OCc3ccccc3)c(OC)c2)c1. The number of rotatable bonds is 8. The third kappa shape index (κ3) is 5.87. The van der Waals surface area contributed by atoms with E-state index in [4.69, 9.17) is 14.2 Å². The lowest BCUT2D eigenvalue weighted by atomic mass is 10.2. The van der Waals surface area contributed by atoms with Crippen LogP contribution >= 0.6 is 0 Å². The van der Waals surface area contributed by atoms with Gasteiger partial charge in [0.1, 0.15) is 12.4 Å². The first-order valence-electron chi connectivity index (χ1n) is 9.16. The molecule has 0 saturated heterocycles. The van der Waals surface area contributed by atoms with Crippen molar-refractivity contribution in [3.63, 3.8) is 0 Å². The molecule has 0 spiro atoms. The van der Waals surface area contributed by atoms with Crippen LogP contribution in [0.4, 0.5) is 5.69 Å². The Morgan fingerprint density at radius 3 is 2.48 bits per heavy atom. The molecule has 0 aliphatic rings. The van der Waals surface area contributed by atoms with Crippen molar-refractivity contribution >= 4 is 17.7 Å². The molecule has 5 nitrogen and oxygen atoms in total. The lowest BCUT2D eigenvalue weighted by Gasteiger charge is -2.11. The average molecular weight is 389 g/mol. The van der Waals surface area contributed by atoms with Crippen LogP contribution in [-0.2, 0) is 11.4 Å². The molecule has 0 aliphatic heterocycles. The molecular formula is C24H23NO4. The summed E-state index contributed by atoms with van der Waals surface area (Å²) in [6.07, 6.45) is 3.19. The monoisotopic (exact) mass is 389 g/mol. The van der Waals surface area contributed by atoms with Crippen LogP contribution in [0.2, 0.25) is 0 Å². The number of amides is 1. The fraction of sp³-hybridized carbons (Fsp3) is 0.125. The molecule has 1 amide bonds. The molecule has 0 atom stereocenters. The molecule has 5 heteroatoms. The molecular weight excluding hydrogens is 366 g/mol. The highest BCUT2D eigenvalue weighted by Gasteiger charge is 2.06. The standard InChI is InChI=1S/C24H23NO4/c1-27-21-10-6-9-20(16-21)25-24(26)14-12-18-11-13-22(23(15-18)28-2)29-17-19-7-4-3-5-8-19/h3-16H,17H2,1-2H3,(H,25,26). The number of anilines is 1. The maximum Gasteiger partial charge on any atom is 0.248 e. The minimum Gasteiger partial charge on any atom is -0.497 e. The van der Waals surface area contributed by atoms with Gasteiger partial charge in [-0.05, 0) is 41.5 Å². The second kappa shape index (κ2) is 9.99. The van der Waals surface area contributed by atoms with Gasteiger partial charge in [-0.15, -0.1) is 0 Å². The van der Waals surface area contributed by atoms with Gasteiger partial charge in [-0.3, -0.25) is 4.79 Å². The Hall–Kier alpha value is -3.73. The summed E-state index contributed by atoms with van der Waals surface area (Å²) in [6, 6.07) is 22.7. The van der Waals surface area contributed by atoms with E-state index in [0.29, 0.717) is 29.5 Å². The summed E-state index contributed by atoms with van der Waals surface area (Å²) >= 11 is 0. The highest BCUT2D eigenvalue weighted by molar-refractivity contribution is 6.02. The summed E-state index contributed by atoms with van der Waals surface area (Å²) < 4.78 is 16.4. The summed E-state index contributed by atoms with van der Waals surface area (Å²) in [5.41, 5.74) is 2.57. The smallest absolute Gasteiger partial charge is 0.248 e. The first-order valence-corrected chi connectivity index (χ1v) is 9.16. The Morgan fingerprint density at radius 1 is 0.897 bits per heavy atom. The van der Waals surface area contributed by atoms with Gasteiger partial charge in [-0.2, -0.15) is 0 Å². The maximum absolute atomic E-state index is 12.2. The molecule has 0 unspecified atom stereocenters. The van der Waals surface area contributed by atoms with Gasteiger partial charge in [0.2, 0.25) is 5.91 Å². The average Bonchev–Trinajstić information content (AvgIpc) is 2.77. The van der Waals surface area contributed by atoms with E-state index in [9.17, 15) is 4.79 Å². The van der Waals surface area contributed by atoms with Gasteiger partial charge in [0.05, 0.1) is 14.2 Å². The van der Waals surface area contributed by atoms with Gasteiger partial charge in [0.15, 0.2) is 11.5 Å². The number of carbonyl (C=O) groups is 1. The van der Waals surface area contributed by atoms with Crippen LogP contribution in [0, 0.1) is 0 Å². The fourth-order valence-electron chi connectivity index (χ4n) is 2.70. The van der Waals surface area contributed by atoms with Crippen molar-refractivity contribution < 1.29 is 19.0 Å². The van der Waals surface area contributed by atoms with E-state index < -0.39 is 0 Å². The van der Waals surface area contributed by atoms with Crippen LogP contribution in [0.25, 0.3) is 6.08 Å². The predicted octanol–water partition coefficient (Wildman–Crippen LogP) is 4.93. The quantitative estimate of drug-likeness (QED) is 0.555. The minimum atomic E-state index is -0.235. The molecule has 0 saturated carbocycles. The van der Waals surface area contributed by atoms with Gasteiger partial charge in [-0.1, -0.05) is 42.5 Å². The highest BCUT2D eigenvalue weighted by Crippen LogP contribution is 2.29. The lowest BCUT2D eigenvalue weighted by molar-refractivity contribution is -0.111. The number of hydrogen-bond acceptors (Lipinski definition) is 4. The molecule has 3 aromatic carbocycles. The van der Waals surface area contributed by atoms with Crippen molar-refractivity contribution in [3.8, 4) is 17.2 Å². The molecule has 148 valence electrons. The molecule has 3 rings (SSSR count). The summed E-state index contributed by atoms with van der Waals surface area (Å²) in [6.45, 7) is 0.454.